The Balaban J connectivity index is 2.27. The van der Waals surface area contributed by atoms with Gasteiger partial charge in [-0.3, -0.25) is 0 Å². The average Bonchev–Trinajstić information content (AvgIpc) is 2.47. The number of halogens is 2. The van der Waals surface area contributed by atoms with Crippen molar-refractivity contribution >= 4 is 11.6 Å². The Morgan fingerprint density at radius 1 is 1.14 bits per heavy atom. The Labute approximate surface area is 131 Å². The molecule has 1 unspecified atom stereocenters. The highest BCUT2D eigenvalue weighted by molar-refractivity contribution is 6.31. The Morgan fingerprint density at radius 3 is 2.38 bits per heavy atom. The van der Waals surface area contributed by atoms with Crippen molar-refractivity contribution in [3.63, 3.8) is 0 Å². The maximum Gasteiger partial charge on any atom is 0.124 e. The second kappa shape index (κ2) is 6.59. The van der Waals surface area contributed by atoms with Gasteiger partial charge in [0.15, 0.2) is 0 Å². The Bertz CT molecular complexity index is 595. The largest absolute Gasteiger partial charge is 0.316 e. The van der Waals surface area contributed by atoms with E-state index in [1.807, 2.05) is 13.1 Å². The molecule has 112 valence electrons. The zero-order chi connectivity index (χ0) is 15.5. The van der Waals surface area contributed by atoms with Crippen LogP contribution in [0.4, 0.5) is 4.39 Å². The van der Waals surface area contributed by atoms with Crippen molar-refractivity contribution in [2.75, 3.05) is 7.05 Å². The zero-order valence-corrected chi connectivity index (χ0v) is 13.4. The van der Waals surface area contributed by atoms with Gasteiger partial charge in [-0.25, -0.2) is 4.39 Å². The SMILES string of the molecule is CNC(Cc1ccc(F)cc1Cl)C(C)(C)c1ccccc1. The predicted octanol–water partition coefficient (Wildman–Crippen LogP) is 4.59. The van der Waals surface area contributed by atoms with Crippen LogP contribution in [0.3, 0.4) is 0 Å². The molecule has 3 heteroatoms. The van der Waals surface area contributed by atoms with Crippen LogP contribution >= 0.6 is 11.6 Å². The molecule has 0 radical (unpaired) electrons. The van der Waals surface area contributed by atoms with Gasteiger partial charge >= 0.3 is 0 Å². The van der Waals surface area contributed by atoms with Crippen LogP contribution in [-0.2, 0) is 11.8 Å². The third-order valence-corrected chi connectivity index (χ3v) is 4.53. The number of nitrogens with one attached hydrogen (secondary N) is 1. The molecule has 0 saturated heterocycles. The first kappa shape index (κ1) is 16.0. The number of rotatable bonds is 5. The second-order valence-electron chi connectivity index (χ2n) is 5.87. The highest BCUT2D eigenvalue weighted by Gasteiger charge is 2.30. The molecule has 1 atom stereocenters. The Kier molecular flexibility index (Phi) is 5.02. The molecule has 0 aromatic heterocycles. The fourth-order valence-corrected chi connectivity index (χ4v) is 2.94. The van der Waals surface area contributed by atoms with E-state index in [4.69, 9.17) is 11.6 Å². The molecular formula is C18H21ClFN. The fraction of sp³-hybridized carbons (Fsp3) is 0.333. The molecule has 0 fully saturated rings. The summed E-state index contributed by atoms with van der Waals surface area (Å²) in [5.74, 6) is -0.299. The third-order valence-electron chi connectivity index (χ3n) is 4.18. The van der Waals surface area contributed by atoms with Gasteiger partial charge in [-0.15, -0.1) is 0 Å². The summed E-state index contributed by atoms with van der Waals surface area (Å²) in [7, 11) is 1.95. The van der Waals surface area contributed by atoms with Gasteiger partial charge in [0, 0.05) is 16.5 Å². The summed E-state index contributed by atoms with van der Waals surface area (Å²) < 4.78 is 13.2. The van der Waals surface area contributed by atoms with Gasteiger partial charge in [-0.05, 0) is 36.7 Å². The van der Waals surface area contributed by atoms with Crippen LogP contribution in [0.15, 0.2) is 48.5 Å². The molecule has 0 heterocycles. The Morgan fingerprint density at radius 2 is 1.81 bits per heavy atom. The van der Waals surface area contributed by atoms with Crippen molar-refractivity contribution in [3.05, 3.63) is 70.5 Å². The lowest BCUT2D eigenvalue weighted by atomic mass is 9.75. The quantitative estimate of drug-likeness (QED) is 0.852. The average molecular weight is 306 g/mol. The molecule has 0 aliphatic carbocycles. The molecule has 2 aromatic rings. The molecule has 2 rings (SSSR count). The minimum Gasteiger partial charge on any atom is -0.316 e. The van der Waals surface area contributed by atoms with Crippen LogP contribution < -0.4 is 5.32 Å². The van der Waals surface area contributed by atoms with Gasteiger partial charge < -0.3 is 5.32 Å². The predicted molar refractivity (Wildman–Crippen MR) is 87.4 cm³/mol. The van der Waals surface area contributed by atoms with Crippen LogP contribution in [-0.4, -0.2) is 13.1 Å². The van der Waals surface area contributed by atoms with Crippen LogP contribution in [0.1, 0.15) is 25.0 Å². The molecule has 0 spiro atoms. The summed E-state index contributed by atoms with van der Waals surface area (Å²) in [4.78, 5) is 0. The maximum atomic E-state index is 13.2. The van der Waals surface area contributed by atoms with Crippen LogP contribution in [0.25, 0.3) is 0 Å². The molecule has 2 aromatic carbocycles. The van der Waals surface area contributed by atoms with E-state index in [0.717, 1.165) is 12.0 Å². The van der Waals surface area contributed by atoms with E-state index >= 15 is 0 Å². The third kappa shape index (κ3) is 3.63. The van der Waals surface area contributed by atoms with E-state index in [0.29, 0.717) is 5.02 Å². The van der Waals surface area contributed by atoms with Crippen molar-refractivity contribution in [1.29, 1.82) is 0 Å². The van der Waals surface area contributed by atoms with Crippen LogP contribution in [0, 0.1) is 5.82 Å². The van der Waals surface area contributed by atoms with E-state index in [1.54, 1.807) is 6.07 Å². The van der Waals surface area contributed by atoms with Crippen molar-refractivity contribution in [1.82, 2.24) is 5.32 Å². The first-order valence-electron chi connectivity index (χ1n) is 7.12. The molecular weight excluding hydrogens is 285 g/mol. The smallest absolute Gasteiger partial charge is 0.124 e. The number of likely N-dealkylation sites (N-methyl/N-ethyl adjacent to an activating group) is 1. The van der Waals surface area contributed by atoms with Crippen molar-refractivity contribution < 1.29 is 4.39 Å². The van der Waals surface area contributed by atoms with Gasteiger partial charge in [0.25, 0.3) is 0 Å². The van der Waals surface area contributed by atoms with Crippen LogP contribution in [0.2, 0.25) is 5.02 Å². The number of hydrogen-bond donors (Lipinski definition) is 1. The van der Waals surface area contributed by atoms with E-state index in [-0.39, 0.29) is 17.3 Å². The van der Waals surface area contributed by atoms with E-state index in [9.17, 15) is 4.39 Å². The highest BCUT2D eigenvalue weighted by Crippen LogP contribution is 2.30. The molecule has 21 heavy (non-hydrogen) atoms. The van der Waals surface area contributed by atoms with E-state index < -0.39 is 0 Å². The van der Waals surface area contributed by atoms with Crippen molar-refractivity contribution in [3.8, 4) is 0 Å². The minimum atomic E-state index is -0.299. The molecule has 0 amide bonds. The molecule has 0 saturated carbocycles. The highest BCUT2D eigenvalue weighted by atomic mass is 35.5. The summed E-state index contributed by atoms with van der Waals surface area (Å²) in [5, 5.41) is 3.86. The van der Waals surface area contributed by atoms with Crippen molar-refractivity contribution in [2.24, 2.45) is 0 Å². The molecule has 1 nitrogen and oxygen atoms in total. The van der Waals surface area contributed by atoms with Gasteiger partial charge in [0.05, 0.1) is 0 Å². The molecule has 1 N–H and O–H groups in total. The summed E-state index contributed by atoms with van der Waals surface area (Å²) in [6, 6.07) is 15.2. The number of benzene rings is 2. The second-order valence-corrected chi connectivity index (χ2v) is 6.28. The molecule has 0 aliphatic heterocycles. The van der Waals surface area contributed by atoms with E-state index in [2.05, 4.69) is 43.4 Å². The molecule has 0 aliphatic rings. The van der Waals surface area contributed by atoms with Crippen molar-refractivity contribution in [2.45, 2.75) is 31.7 Å². The van der Waals surface area contributed by atoms with Crippen LogP contribution in [0.5, 0.6) is 0 Å². The van der Waals surface area contributed by atoms with E-state index in [1.165, 1.54) is 17.7 Å². The first-order valence-corrected chi connectivity index (χ1v) is 7.49. The lowest BCUT2D eigenvalue weighted by Gasteiger charge is -2.35. The summed E-state index contributed by atoms with van der Waals surface area (Å²) in [5.41, 5.74) is 2.16. The summed E-state index contributed by atoms with van der Waals surface area (Å²) in [6.45, 7) is 4.42. The monoisotopic (exact) mass is 305 g/mol. The molecule has 0 bridgehead atoms. The maximum absolute atomic E-state index is 13.2. The Hall–Kier alpha value is -1.38. The van der Waals surface area contributed by atoms with Gasteiger partial charge in [-0.1, -0.05) is 61.8 Å². The summed E-state index contributed by atoms with van der Waals surface area (Å²) in [6.07, 6.45) is 0.748. The lowest BCUT2D eigenvalue weighted by Crippen LogP contribution is -2.44. The van der Waals surface area contributed by atoms with Gasteiger partial charge in [-0.2, -0.15) is 0 Å². The zero-order valence-electron chi connectivity index (χ0n) is 12.7. The number of hydrogen-bond acceptors (Lipinski definition) is 1. The lowest BCUT2D eigenvalue weighted by molar-refractivity contribution is 0.356. The van der Waals surface area contributed by atoms with Gasteiger partial charge in [0.2, 0.25) is 0 Å². The fourth-order valence-electron chi connectivity index (χ4n) is 2.69. The minimum absolute atomic E-state index is 0.0618. The van der Waals surface area contributed by atoms with Gasteiger partial charge in [0.1, 0.15) is 5.82 Å². The standard InChI is InChI=1S/C18H21ClFN/c1-18(2,14-7-5-4-6-8-14)17(21-3)11-13-9-10-15(20)12-16(13)19/h4-10,12,17,21H,11H2,1-3H3. The summed E-state index contributed by atoms with van der Waals surface area (Å²) >= 11 is 6.16. The normalized spacial score (nSPS) is 13.2. The topological polar surface area (TPSA) is 12.0 Å². The first-order chi connectivity index (χ1) is 9.95.